The lowest BCUT2D eigenvalue weighted by molar-refractivity contribution is -0.0505. The van der Waals surface area contributed by atoms with Gasteiger partial charge in [-0.3, -0.25) is 0 Å². The van der Waals surface area contributed by atoms with Gasteiger partial charge in [0, 0.05) is 11.1 Å². The first-order valence-electron chi connectivity index (χ1n) is 5.60. The third-order valence-corrected chi connectivity index (χ3v) is 3.73. The van der Waals surface area contributed by atoms with Gasteiger partial charge in [-0.1, -0.05) is 28.1 Å². The van der Waals surface area contributed by atoms with Gasteiger partial charge in [0.15, 0.2) is 0 Å². The minimum absolute atomic E-state index is 0.306. The van der Waals surface area contributed by atoms with Crippen molar-refractivity contribution < 1.29 is 9.84 Å². The molecule has 4 heteroatoms. The number of nitriles is 1. The summed E-state index contributed by atoms with van der Waals surface area (Å²) < 4.78 is 6.31. The SMILES string of the molecule is N#CC1(C(O)c2ccc(Br)cc2)CCCOC1. The molecule has 1 heterocycles. The minimum atomic E-state index is -0.800. The average Bonchev–Trinajstić information content (AvgIpc) is 2.39. The summed E-state index contributed by atoms with van der Waals surface area (Å²) in [6.45, 7) is 0.983. The lowest BCUT2D eigenvalue weighted by Crippen LogP contribution is -2.36. The van der Waals surface area contributed by atoms with Gasteiger partial charge in [0.05, 0.1) is 18.8 Å². The van der Waals surface area contributed by atoms with E-state index in [0.717, 1.165) is 16.5 Å². The summed E-state index contributed by atoms with van der Waals surface area (Å²) >= 11 is 3.35. The minimum Gasteiger partial charge on any atom is -0.387 e. The van der Waals surface area contributed by atoms with Gasteiger partial charge in [0.2, 0.25) is 0 Å². The van der Waals surface area contributed by atoms with Crippen LogP contribution < -0.4 is 0 Å². The lowest BCUT2D eigenvalue weighted by Gasteiger charge is -2.34. The Bertz CT molecular complexity index is 418. The van der Waals surface area contributed by atoms with E-state index in [1.807, 2.05) is 24.3 Å². The Labute approximate surface area is 109 Å². The number of nitrogens with zero attached hydrogens (tertiary/aromatic N) is 1. The zero-order valence-corrected chi connectivity index (χ0v) is 11.0. The van der Waals surface area contributed by atoms with E-state index < -0.39 is 11.5 Å². The van der Waals surface area contributed by atoms with Gasteiger partial charge >= 0.3 is 0 Å². The first kappa shape index (κ1) is 12.6. The van der Waals surface area contributed by atoms with Crippen LogP contribution in [0.15, 0.2) is 28.7 Å². The molecule has 0 amide bonds. The van der Waals surface area contributed by atoms with E-state index in [0.29, 0.717) is 19.6 Å². The fraction of sp³-hybridized carbons (Fsp3) is 0.462. The molecule has 17 heavy (non-hydrogen) atoms. The van der Waals surface area contributed by atoms with Crippen LogP contribution in [-0.2, 0) is 4.74 Å². The Hall–Kier alpha value is -0.890. The number of ether oxygens (including phenoxy) is 1. The van der Waals surface area contributed by atoms with E-state index in [2.05, 4.69) is 22.0 Å². The maximum atomic E-state index is 10.4. The number of hydrogen-bond acceptors (Lipinski definition) is 3. The van der Waals surface area contributed by atoms with Crippen LogP contribution in [0.2, 0.25) is 0 Å². The van der Waals surface area contributed by atoms with Crippen molar-refractivity contribution in [3.05, 3.63) is 34.3 Å². The standard InChI is InChI=1S/C13H14BrNO2/c14-11-4-2-10(3-5-11)12(16)13(8-15)6-1-7-17-9-13/h2-5,12,16H,1,6-7,9H2. The average molecular weight is 296 g/mol. The lowest BCUT2D eigenvalue weighted by atomic mass is 9.76. The summed E-state index contributed by atoms with van der Waals surface area (Å²) in [6.07, 6.45) is 0.711. The van der Waals surface area contributed by atoms with Crippen LogP contribution in [0.5, 0.6) is 0 Å². The molecule has 0 bridgehead atoms. The first-order valence-corrected chi connectivity index (χ1v) is 6.40. The molecule has 1 aromatic carbocycles. The van der Waals surface area contributed by atoms with Gasteiger partial charge in [0.25, 0.3) is 0 Å². The van der Waals surface area contributed by atoms with Crippen LogP contribution in [0.4, 0.5) is 0 Å². The molecule has 0 radical (unpaired) electrons. The normalized spacial score (nSPS) is 26.2. The van der Waals surface area contributed by atoms with Crippen molar-refractivity contribution in [2.75, 3.05) is 13.2 Å². The van der Waals surface area contributed by atoms with Crippen molar-refractivity contribution >= 4 is 15.9 Å². The quantitative estimate of drug-likeness (QED) is 0.913. The Morgan fingerprint density at radius 3 is 2.65 bits per heavy atom. The highest BCUT2D eigenvalue weighted by Crippen LogP contribution is 2.40. The van der Waals surface area contributed by atoms with Crippen LogP contribution >= 0.6 is 15.9 Å². The molecule has 2 unspecified atom stereocenters. The summed E-state index contributed by atoms with van der Waals surface area (Å²) in [4.78, 5) is 0. The molecule has 0 spiro atoms. The number of aliphatic hydroxyl groups excluding tert-OH is 1. The van der Waals surface area contributed by atoms with Crippen LogP contribution in [0.1, 0.15) is 24.5 Å². The highest BCUT2D eigenvalue weighted by molar-refractivity contribution is 9.10. The second-order valence-electron chi connectivity index (χ2n) is 4.38. The Morgan fingerprint density at radius 1 is 1.41 bits per heavy atom. The van der Waals surface area contributed by atoms with Crippen molar-refractivity contribution in [2.24, 2.45) is 5.41 Å². The molecule has 2 rings (SSSR count). The van der Waals surface area contributed by atoms with E-state index in [1.165, 1.54) is 0 Å². The zero-order valence-electron chi connectivity index (χ0n) is 9.40. The summed E-state index contributed by atoms with van der Waals surface area (Å²) in [6, 6.07) is 9.65. The fourth-order valence-corrected chi connectivity index (χ4v) is 2.41. The van der Waals surface area contributed by atoms with Crippen molar-refractivity contribution in [2.45, 2.75) is 18.9 Å². The van der Waals surface area contributed by atoms with Crippen molar-refractivity contribution in [3.8, 4) is 6.07 Å². The van der Waals surface area contributed by atoms with Gasteiger partial charge in [0.1, 0.15) is 5.41 Å². The van der Waals surface area contributed by atoms with Crippen molar-refractivity contribution in [1.82, 2.24) is 0 Å². The Balaban J connectivity index is 2.25. The summed E-state index contributed by atoms with van der Waals surface area (Å²) in [7, 11) is 0. The highest BCUT2D eigenvalue weighted by atomic mass is 79.9. The van der Waals surface area contributed by atoms with E-state index in [1.54, 1.807) is 0 Å². The van der Waals surface area contributed by atoms with Gasteiger partial charge in [-0.15, -0.1) is 0 Å². The number of benzene rings is 1. The molecule has 2 atom stereocenters. The van der Waals surface area contributed by atoms with Crippen molar-refractivity contribution in [3.63, 3.8) is 0 Å². The van der Waals surface area contributed by atoms with Crippen LogP contribution in [0, 0.1) is 16.7 Å². The van der Waals surface area contributed by atoms with E-state index in [4.69, 9.17) is 4.74 Å². The third kappa shape index (κ3) is 2.52. The van der Waals surface area contributed by atoms with E-state index in [-0.39, 0.29) is 0 Å². The monoisotopic (exact) mass is 295 g/mol. The predicted molar refractivity (Wildman–Crippen MR) is 67.2 cm³/mol. The van der Waals surface area contributed by atoms with Gasteiger partial charge in [-0.2, -0.15) is 5.26 Å². The number of hydrogen-bond donors (Lipinski definition) is 1. The van der Waals surface area contributed by atoms with Crippen LogP contribution in [0.25, 0.3) is 0 Å². The predicted octanol–water partition coefficient (Wildman–Crippen LogP) is 2.80. The van der Waals surface area contributed by atoms with Crippen molar-refractivity contribution in [1.29, 1.82) is 5.26 Å². The van der Waals surface area contributed by atoms with Gasteiger partial charge < -0.3 is 9.84 Å². The molecular weight excluding hydrogens is 282 g/mol. The second kappa shape index (κ2) is 5.18. The molecule has 3 nitrogen and oxygen atoms in total. The molecule has 0 aromatic heterocycles. The molecule has 0 aliphatic carbocycles. The molecule has 90 valence electrons. The smallest absolute Gasteiger partial charge is 0.111 e. The van der Waals surface area contributed by atoms with Crippen LogP contribution in [0.3, 0.4) is 0 Å². The van der Waals surface area contributed by atoms with E-state index in [9.17, 15) is 10.4 Å². The highest BCUT2D eigenvalue weighted by Gasteiger charge is 2.41. The molecule has 1 aromatic rings. The maximum Gasteiger partial charge on any atom is 0.111 e. The largest absolute Gasteiger partial charge is 0.387 e. The fourth-order valence-electron chi connectivity index (χ4n) is 2.15. The number of aliphatic hydroxyl groups is 1. The summed E-state index contributed by atoms with van der Waals surface area (Å²) in [5.74, 6) is 0. The maximum absolute atomic E-state index is 10.4. The molecule has 0 saturated carbocycles. The molecule has 1 aliphatic heterocycles. The molecule has 1 fully saturated rings. The number of rotatable bonds is 2. The van der Waals surface area contributed by atoms with E-state index >= 15 is 0 Å². The van der Waals surface area contributed by atoms with Gasteiger partial charge in [-0.25, -0.2) is 0 Å². The third-order valence-electron chi connectivity index (χ3n) is 3.20. The second-order valence-corrected chi connectivity index (χ2v) is 5.29. The summed E-state index contributed by atoms with van der Waals surface area (Å²) in [5.41, 5.74) is -0.0354. The van der Waals surface area contributed by atoms with Crippen LogP contribution in [-0.4, -0.2) is 18.3 Å². The first-order chi connectivity index (χ1) is 8.18. The van der Waals surface area contributed by atoms with Gasteiger partial charge in [-0.05, 0) is 30.5 Å². The molecular formula is C13H14BrNO2. The Morgan fingerprint density at radius 2 is 2.12 bits per heavy atom. The Kier molecular flexibility index (Phi) is 3.82. The molecule has 1 saturated heterocycles. The number of halogens is 1. The zero-order chi connectivity index (χ0) is 12.3. The summed E-state index contributed by atoms with van der Waals surface area (Å²) in [5, 5.41) is 19.7. The topological polar surface area (TPSA) is 53.2 Å². The molecule has 1 N–H and O–H groups in total. The molecule has 1 aliphatic rings.